The van der Waals surface area contributed by atoms with Crippen molar-refractivity contribution in [3.05, 3.63) is 72.3 Å². The Balaban J connectivity index is 1.54. The number of nitrogens with zero attached hydrogens (tertiary/aromatic N) is 2. The van der Waals surface area contributed by atoms with Crippen molar-refractivity contribution in [2.24, 2.45) is 10.9 Å². The van der Waals surface area contributed by atoms with Gasteiger partial charge in [0.1, 0.15) is 12.7 Å². The molecule has 0 radical (unpaired) electrons. The summed E-state index contributed by atoms with van der Waals surface area (Å²) in [6.45, 7) is 0.565. The molecule has 1 unspecified atom stereocenters. The van der Waals surface area contributed by atoms with Crippen LogP contribution in [0, 0.1) is 0 Å². The van der Waals surface area contributed by atoms with Crippen molar-refractivity contribution in [1.82, 2.24) is 4.57 Å². The number of hydrogen-bond donors (Lipinski definition) is 2. The average Bonchev–Trinajstić information content (AvgIpc) is 3.07. The van der Waals surface area contributed by atoms with Gasteiger partial charge in [-0.05, 0) is 35.9 Å². The van der Waals surface area contributed by atoms with E-state index in [0.29, 0.717) is 18.0 Å². The molecular formula is C23H23N3O3. The van der Waals surface area contributed by atoms with Crippen molar-refractivity contribution < 1.29 is 14.6 Å². The van der Waals surface area contributed by atoms with Crippen molar-refractivity contribution in [3.8, 4) is 11.5 Å². The lowest BCUT2D eigenvalue weighted by Gasteiger charge is -2.16. The average molecular weight is 389 g/mol. The first-order valence-corrected chi connectivity index (χ1v) is 9.39. The van der Waals surface area contributed by atoms with E-state index in [-0.39, 0.29) is 6.61 Å². The van der Waals surface area contributed by atoms with Crippen LogP contribution in [0.15, 0.2) is 71.8 Å². The third-order valence-electron chi connectivity index (χ3n) is 4.92. The first-order valence-electron chi connectivity index (χ1n) is 9.39. The van der Waals surface area contributed by atoms with Crippen molar-refractivity contribution in [2.45, 2.75) is 12.6 Å². The number of fused-ring (bicyclic) bond motifs is 3. The van der Waals surface area contributed by atoms with E-state index in [1.165, 1.54) is 17.0 Å². The molecule has 0 aliphatic heterocycles. The third-order valence-corrected chi connectivity index (χ3v) is 4.92. The van der Waals surface area contributed by atoms with Gasteiger partial charge in [0.15, 0.2) is 11.5 Å². The summed E-state index contributed by atoms with van der Waals surface area (Å²) >= 11 is 0. The van der Waals surface area contributed by atoms with Gasteiger partial charge < -0.3 is 25.0 Å². The summed E-state index contributed by atoms with van der Waals surface area (Å²) in [6, 6.07) is 21.8. The maximum atomic E-state index is 10.7. The van der Waals surface area contributed by atoms with Crippen LogP contribution in [0.1, 0.15) is 5.56 Å². The molecular weight excluding hydrogens is 366 g/mol. The third kappa shape index (κ3) is 3.75. The lowest BCUT2D eigenvalue weighted by atomic mass is 10.2. The number of hydrazone groups is 1. The van der Waals surface area contributed by atoms with E-state index in [1.807, 2.05) is 30.3 Å². The molecule has 0 spiro atoms. The van der Waals surface area contributed by atoms with Gasteiger partial charge in [-0.15, -0.1) is 0 Å². The summed E-state index contributed by atoms with van der Waals surface area (Å²) in [5.74, 6) is 6.31. The molecule has 4 rings (SSSR count). The van der Waals surface area contributed by atoms with Gasteiger partial charge in [-0.2, -0.15) is 5.10 Å². The number of ether oxygens (including phenoxy) is 2. The maximum absolute atomic E-state index is 10.7. The van der Waals surface area contributed by atoms with Gasteiger partial charge in [-0.1, -0.05) is 36.4 Å². The number of nitrogens with two attached hydrogens (primary N) is 1. The van der Waals surface area contributed by atoms with Gasteiger partial charge in [0.05, 0.1) is 19.9 Å². The molecule has 1 aromatic heterocycles. The molecule has 3 aromatic carbocycles. The number of aliphatic hydroxyl groups is 1. The maximum Gasteiger partial charge on any atom is 0.161 e. The highest BCUT2D eigenvalue weighted by Gasteiger charge is 2.15. The zero-order chi connectivity index (χ0) is 20.2. The molecule has 4 aromatic rings. The molecule has 0 fully saturated rings. The van der Waals surface area contributed by atoms with Crippen LogP contribution < -0.4 is 15.3 Å². The summed E-state index contributed by atoms with van der Waals surface area (Å²) in [5, 5.41) is 16.5. The van der Waals surface area contributed by atoms with E-state index in [0.717, 1.165) is 16.6 Å². The van der Waals surface area contributed by atoms with Gasteiger partial charge in [0.25, 0.3) is 0 Å². The summed E-state index contributed by atoms with van der Waals surface area (Å²) in [6.07, 6.45) is 0.841. The van der Waals surface area contributed by atoms with Gasteiger partial charge in [0.2, 0.25) is 0 Å². The highest BCUT2D eigenvalue weighted by atomic mass is 16.5. The van der Waals surface area contributed by atoms with Crippen LogP contribution in [-0.2, 0) is 6.54 Å². The fourth-order valence-corrected chi connectivity index (χ4v) is 3.62. The monoisotopic (exact) mass is 389 g/mol. The first-order chi connectivity index (χ1) is 14.2. The summed E-state index contributed by atoms with van der Waals surface area (Å²) in [4.78, 5) is 0. The Hall–Kier alpha value is -3.51. The second-order valence-corrected chi connectivity index (χ2v) is 6.80. The molecule has 3 N–H and O–H groups in total. The van der Waals surface area contributed by atoms with Crippen molar-refractivity contribution in [2.75, 3.05) is 13.7 Å². The second kappa shape index (κ2) is 8.24. The quantitative estimate of drug-likeness (QED) is 0.288. The van der Waals surface area contributed by atoms with E-state index < -0.39 is 6.10 Å². The molecule has 148 valence electrons. The van der Waals surface area contributed by atoms with E-state index in [1.54, 1.807) is 19.2 Å². The standard InChI is InChI=1S/C23H23N3O3/c1-28-23-12-16(13-25-24)10-11-22(23)29-15-17(27)14-26-20-8-4-2-6-18(20)19-7-3-5-9-21(19)26/h2-13,17,27H,14-15,24H2,1H3/b25-13+. The second-order valence-electron chi connectivity index (χ2n) is 6.80. The zero-order valence-electron chi connectivity index (χ0n) is 16.2. The largest absolute Gasteiger partial charge is 0.493 e. The highest BCUT2D eigenvalue weighted by Crippen LogP contribution is 2.30. The van der Waals surface area contributed by atoms with Crippen LogP contribution in [0.4, 0.5) is 0 Å². The Morgan fingerprint density at radius 3 is 2.28 bits per heavy atom. The van der Waals surface area contributed by atoms with E-state index in [2.05, 4.69) is 33.9 Å². The lowest BCUT2D eigenvalue weighted by Crippen LogP contribution is -2.23. The molecule has 29 heavy (non-hydrogen) atoms. The summed E-state index contributed by atoms with van der Waals surface area (Å²) < 4.78 is 13.3. The number of aliphatic hydroxyl groups excluding tert-OH is 1. The fraction of sp³-hybridized carbons (Fsp3) is 0.174. The minimum absolute atomic E-state index is 0.140. The molecule has 1 atom stereocenters. The van der Waals surface area contributed by atoms with E-state index in [4.69, 9.17) is 15.3 Å². The normalized spacial score (nSPS) is 12.6. The smallest absolute Gasteiger partial charge is 0.161 e. The molecule has 0 saturated carbocycles. The van der Waals surface area contributed by atoms with Gasteiger partial charge in [0, 0.05) is 21.8 Å². The van der Waals surface area contributed by atoms with Crippen LogP contribution in [0.25, 0.3) is 21.8 Å². The minimum Gasteiger partial charge on any atom is -0.493 e. The summed E-state index contributed by atoms with van der Waals surface area (Å²) in [5.41, 5.74) is 2.99. The van der Waals surface area contributed by atoms with Gasteiger partial charge in [-0.25, -0.2) is 0 Å². The Labute approximate surface area is 168 Å². The fourth-order valence-electron chi connectivity index (χ4n) is 3.62. The zero-order valence-corrected chi connectivity index (χ0v) is 16.2. The van der Waals surface area contributed by atoms with Crippen LogP contribution in [0.3, 0.4) is 0 Å². The number of para-hydroxylation sites is 2. The van der Waals surface area contributed by atoms with E-state index >= 15 is 0 Å². The number of rotatable bonds is 7. The lowest BCUT2D eigenvalue weighted by molar-refractivity contribution is 0.0930. The van der Waals surface area contributed by atoms with Crippen LogP contribution in [0.5, 0.6) is 11.5 Å². The predicted molar refractivity (Wildman–Crippen MR) is 116 cm³/mol. The molecule has 0 aliphatic carbocycles. The SMILES string of the molecule is COc1cc(/C=N/N)ccc1OCC(O)Cn1c2ccccc2c2ccccc21. The molecule has 6 heteroatoms. The Morgan fingerprint density at radius 2 is 1.66 bits per heavy atom. The van der Waals surface area contributed by atoms with Crippen LogP contribution in [0.2, 0.25) is 0 Å². The number of methoxy groups -OCH3 is 1. The predicted octanol–water partition coefficient (Wildman–Crippen LogP) is 3.54. The molecule has 6 nitrogen and oxygen atoms in total. The Kier molecular flexibility index (Phi) is 5.35. The van der Waals surface area contributed by atoms with E-state index in [9.17, 15) is 5.11 Å². The number of aromatic nitrogens is 1. The van der Waals surface area contributed by atoms with Crippen molar-refractivity contribution in [3.63, 3.8) is 0 Å². The topological polar surface area (TPSA) is 82.0 Å². The van der Waals surface area contributed by atoms with Crippen molar-refractivity contribution >= 4 is 28.0 Å². The molecule has 1 heterocycles. The Morgan fingerprint density at radius 1 is 1.00 bits per heavy atom. The molecule has 0 saturated heterocycles. The molecule has 0 aliphatic rings. The minimum atomic E-state index is -0.691. The molecule has 0 bridgehead atoms. The summed E-state index contributed by atoms with van der Waals surface area (Å²) in [7, 11) is 1.57. The first kappa shape index (κ1) is 18.8. The van der Waals surface area contributed by atoms with Crippen molar-refractivity contribution in [1.29, 1.82) is 0 Å². The highest BCUT2D eigenvalue weighted by molar-refractivity contribution is 6.07. The van der Waals surface area contributed by atoms with Crippen LogP contribution >= 0.6 is 0 Å². The number of hydrogen-bond acceptors (Lipinski definition) is 5. The Bertz CT molecular complexity index is 1110. The molecule has 0 amide bonds. The van der Waals surface area contributed by atoms with Gasteiger partial charge >= 0.3 is 0 Å². The number of benzene rings is 3. The van der Waals surface area contributed by atoms with Gasteiger partial charge in [-0.3, -0.25) is 0 Å². The van der Waals surface area contributed by atoms with Crippen LogP contribution in [-0.4, -0.2) is 35.7 Å².